The molecule has 2 unspecified atom stereocenters. The highest BCUT2D eigenvalue weighted by atomic mass is 16.1. The number of hydrogen-bond acceptors (Lipinski definition) is 1. The maximum absolute atomic E-state index is 11.7. The summed E-state index contributed by atoms with van der Waals surface area (Å²) < 4.78 is 0. The van der Waals surface area contributed by atoms with Gasteiger partial charge in [-0.2, -0.15) is 0 Å². The predicted octanol–water partition coefficient (Wildman–Crippen LogP) is 4.74. The standard InChI is InChI=1S/C15H28O/c1-3-5-9-13-10-6-7-11-14(13)12-15(16)8-4-2/h13-14H,3-12H2,1-2H3. The third-order valence-electron chi connectivity index (χ3n) is 4.01. The maximum Gasteiger partial charge on any atom is 0.133 e. The van der Waals surface area contributed by atoms with Gasteiger partial charge in [0.1, 0.15) is 5.78 Å². The zero-order chi connectivity index (χ0) is 11.8. The van der Waals surface area contributed by atoms with Crippen LogP contribution in [0.3, 0.4) is 0 Å². The summed E-state index contributed by atoms with van der Waals surface area (Å²) in [4.78, 5) is 11.7. The molecular formula is C15H28O. The van der Waals surface area contributed by atoms with Gasteiger partial charge >= 0.3 is 0 Å². The van der Waals surface area contributed by atoms with E-state index in [9.17, 15) is 4.79 Å². The first kappa shape index (κ1) is 13.7. The lowest BCUT2D eigenvalue weighted by Gasteiger charge is -2.31. The fraction of sp³-hybridized carbons (Fsp3) is 0.933. The van der Waals surface area contributed by atoms with Gasteiger partial charge in [0.25, 0.3) is 0 Å². The number of hydrogen-bond donors (Lipinski definition) is 0. The Hall–Kier alpha value is -0.330. The van der Waals surface area contributed by atoms with Crippen LogP contribution < -0.4 is 0 Å². The van der Waals surface area contributed by atoms with Crippen LogP contribution in [0.5, 0.6) is 0 Å². The molecule has 0 bridgehead atoms. The van der Waals surface area contributed by atoms with Crippen molar-refractivity contribution in [2.45, 2.75) is 78.1 Å². The molecule has 0 aliphatic heterocycles. The largest absolute Gasteiger partial charge is 0.300 e. The molecule has 1 heteroatoms. The Labute approximate surface area is 101 Å². The minimum Gasteiger partial charge on any atom is -0.300 e. The summed E-state index contributed by atoms with van der Waals surface area (Å²) in [6.07, 6.45) is 12.1. The van der Waals surface area contributed by atoms with Crippen LogP contribution in [0, 0.1) is 11.8 Å². The van der Waals surface area contributed by atoms with Gasteiger partial charge in [0.05, 0.1) is 0 Å². The number of carbonyl (C=O) groups is 1. The SMILES string of the molecule is CCCCC1CCCCC1CC(=O)CCC. The molecule has 1 saturated carbocycles. The summed E-state index contributed by atoms with van der Waals surface area (Å²) in [5.41, 5.74) is 0. The van der Waals surface area contributed by atoms with Crippen LogP contribution in [0.15, 0.2) is 0 Å². The number of rotatable bonds is 7. The Kier molecular flexibility index (Phi) is 6.75. The molecule has 0 aromatic carbocycles. The van der Waals surface area contributed by atoms with Crippen molar-refractivity contribution in [3.63, 3.8) is 0 Å². The van der Waals surface area contributed by atoms with Gasteiger partial charge in [-0.3, -0.25) is 4.79 Å². The summed E-state index contributed by atoms with van der Waals surface area (Å²) in [7, 11) is 0. The van der Waals surface area contributed by atoms with Crippen molar-refractivity contribution in [3.8, 4) is 0 Å². The van der Waals surface area contributed by atoms with E-state index >= 15 is 0 Å². The molecule has 0 aromatic rings. The molecule has 1 aliphatic rings. The summed E-state index contributed by atoms with van der Waals surface area (Å²) in [6, 6.07) is 0. The minimum absolute atomic E-state index is 0.510. The molecule has 0 spiro atoms. The molecule has 0 saturated heterocycles. The van der Waals surface area contributed by atoms with E-state index in [0.717, 1.165) is 31.1 Å². The highest BCUT2D eigenvalue weighted by Gasteiger charge is 2.25. The first-order valence-electron chi connectivity index (χ1n) is 7.29. The predicted molar refractivity (Wildman–Crippen MR) is 69.5 cm³/mol. The molecule has 1 rings (SSSR count). The number of carbonyl (C=O) groups excluding carboxylic acids is 1. The molecule has 0 amide bonds. The number of unbranched alkanes of at least 4 members (excludes halogenated alkanes) is 1. The summed E-state index contributed by atoms with van der Waals surface area (Å²) in [6.45, 7) is 4.37. The average Bonchev–Trinajstić information content (AvgIpc) is 2.28. The summed E-state index contributed by atoms with van der Waals surface area (Å²) >= 11 is 0. The Bertz CT molecular complexity index is 198. The van der Waals surface area contributed by atoms with Crippen LogP contribution in [0.1, 0.15) is 78.1 Å². The van der Waals surface area contributed by atoms with Gasteiger partial charge in [-0.05, 0) is 24.7 Å². The van der Waals surface area contributed by atoms with Gasteiger partial charge in [-0.15, -0.1) is 0 Å². The average molecular weight is 224 g/mol. The lowest BCUT2D eigenvalue weighted by atomic mass is 9.74. The van der Waals surface area contributed by atoms with Gasteiger partial charge in [-0.25, -0.2) is 0 Å². The Morgan fingerprint density at radius 2 is 1.75 bits per heavy atom. The Balaban J connectivity index is 2.37. The summed E-state index contributed by atoms with van der Waals surface area (Å²) in [5.74, 6) is 2.09. The zero-order valence-electron chi connectivity index (χ0n) is 11.1. The van der Waals surface area contributed by atoms with E-state index in [1.54, 1.807) is 0 Å². The molecule has 1 fully saturated rings. The number of ketones is 1. The molecule has 16 heavy (non-hydrogen) atoms. The van der Waals surface area contributed by atoms with Crippen LogP contribution in [0.2, 0.25) is 0 Å². The topological polar surface area (TPSA) is 17.1 Å². The fourth-order valence-corrected chi connectivity index (χ4v) is 3.07. The maximum atomic E-state index is 11.7. The van der Waals surface area contributed by atoms with Crippen molar-refractivity contribution in [1.82, 2.24) is 0 Å². The van der Waals surface area contributed by atoms with E-state index in [1.807, 2.05) is 0 Å². The zero-order valence-corrected chi connectivity index (χ0v) is 11.1. The molecule has 1 aliphatic carbocycles. The van der Waals surface area contributed by atoms with Gasteiger partial charge in [0, 0.05) is 12.8 Å². The van der Waals surface area contributed by atoms with Crippen LogP contribution >= 0.6 is 0 Å². The lowest BCUT2D eigenvalue weighted by Crippen LogP contribution is -2.22. The second-order valence-corrected chi connectivity index (χ2v) is 5.44. The highest BCUT2D eigenvalue weighted by molar-refractivity contribution is 5.78. The van der Waals surface area contributed by atoms with Gasteiger partial charge < -0.3 is 0 Å². The third-order valence-corrected chi connectivity index (χ3v) is 4.01. The van der Waals surface area contributed by atoms with E-state index in [1.165, 1.54) is 44.9 Å². The number of Topliss-reactive ketones (excluding diaryl/α,β-unsaturated/α-hetero) is 1. The molecular weight excluding hydrogens is 196 g/mol. The first-order valence-corrected chi connectivity index (χ1v) is 7.29. The molecule has 0 aromatic heterocycles. The molecule has 0 heterocycles. The van der Waals surface area contributed by atoms with Gasteiger partial charge in [-0.1, -0.05) is 52.4 Å². The van der Waals surface area contributed by atoms with Crippen molar-refractivity contribution >= 4 is 5.78 Å². The molecule has 1 nitrogen and oxygen atoms in total. The first-order chi connectivity index (χ1) is 7.77. The van der Waals surface area contributed by atoms with Crippen molar-refractivity contribution in [1.29, 1.82) is 0 Å². The van der Waals surface area contributed by atoms with Crippen LogP contribution in [-0.4, -0.2) is 5.78 Å². The minimum atomic E-state index is 0.510. The second kappa shape index (κ2) is 7.86. The van der Waals surface area contributed by atoms with Crippen LogP contribution in [0.4, 0.5) is 0 Å². The van der Waals surface area contributed by atoms with Crippen molar-refractivity contribution in [3.05, 3.63) is 0 Å². The lowest BCUT2D eigenvalue weighted by molar-refractivity contribution is -0.120. The smallest absolute Gasteiger partial charge is 0.133 e. The van der Waals surface area contributed by atoms with Gasteiger partial charge in [0.15, 0.2) is 0 Å². The van der Waals surface area contributed by atoms with Crippen molar-refractivity contribution < 1.29 is 4.79 Å². The van der Waals surface area contributed by atoms with Crippen molar-refractivity contribution in [2.75, 3.05) is 0 Å². The Morgan fingerprint density at radius 1 is 1.06 bits per heavy atom. The quantitative estimate of drug-likeness (QED) is 0.610. The highest BCUT2D eigenvalue weighted by Crippen LogP contribution is 2.35. The van der Waals surface area contributed by atoms with Gasteiger partial charge in [0.2, 0.25) is 0 Å². The molecule has 0 N–H and O–H groups in total. The van der Waals surface area contributed by atoms with E-state index in [-0.39, 0.29) is 0 Å². The molecule has 2 atom stereocenters. The van der Waals surface area contributed by atoms with E-state index in [0.29, 0.717) is 5.78 Å². The van der Waals surface area contributed by atoms with E-state index in [4.69, 9.17) is 0 Å². The fourth-order valence-electron chi connectivity index (χ4n) is 3.07. The van der Waals surface area contributed by atoms with E-state index in [2.05, 4.69) is 13.8 Å². The molecule has 0 radical (unpaired) electrons. The third kappa shape index (κ3) is 4.67. The Morgan fingerprint density at radius 3 is 2.38 bits per heavy atom. The van der Waals surface area contributed by atoms with Crippen LogP contribution in [-0.2, 0) is 4.79 Å². The summed E-state index contributed by atoms with van der Waals surface area (Å²) in [5, 5.41) is 0. The monoisotopic (exact) mass is 224 g/mol. The normalized spacial score (nSPS) is 25.6. The van der Waals surface area contributed by atoms with Crippen LogP contribution in [0.25, 0.3) is 0 Å². The van der Waals surface area contributed by atoms with Crippen molar-refractivity contribution in [2.24, 2.45) is 11.8 Å². The molecule has 94 valence electrons. The second-order valence-electron chi connectivity index (χ2n) is 5.44. The van der Waals surface area contributed by atoms with E-state index < -0.39 is 0 Å².